The fourth-order valence-corrected chi connectivity index (χ4v) is 3.59. The third kappa shape index (κ3) is 4.64. The lowest BCUT2D eigenvalue weighted by atomic mass is 9.99. The number of benzene rings is 1. The molecule has 1 N–H and O–H groups in total. The Labute approximate surface area is 165 Å². The Bertz CT molecular complexity index is 724. The number of rotatable bonds is 8. The first kappa shape index (κ1) is 21.7. The summed E-state index contributed by atoms with van der Waals surface area (Å²) in [6, 6.07) is 1.44. The predicted octanol–water partition coefficient (Wildman–Crippen LogP) is 2.47. The Kier molecular flexibility index (Phi) is 7.45. The molecule has 0 aliphatic carbocycles. The molecule has 1 saturated heterocycles. The van der Waals surface area contributed by atoms with E-state index in [1.807, 2.05) is 6.92 Å². The van der Waals surface area contributed by atoms with E-state index in [-0.39, 0.29) is 28.9 Å². The van der Waals surface area contributed by atoms with E-state index in [1.54, 1.807) is 0 Å². The van der Waals surface area contributed by atoms with Crippen molar-refractivity contribution in [2.45, 2.75) is 32.7 Å². The van der Waals surface area contributed by atoms with Gasteiger partial charge in [-0.25, -0.2) is 0 Å². The lowest BCUT2D eigenvalue weighted by Crippen LogP contribution is -2.46. The minimum Gasteiger partial charge on any atom is -0.493 e. The van der Waals surface area contributed by atoms with Gasteiger partial charge in [0.25, 0.3) is 5.91 Å². The zero-order valence-electron chi connectivity index (χ0n) is 17.1. The van der Waals surface area contributed by atoms with E-state index < -0.39 is 16.5 Å². The van der Waals surface area contributed by atoms with Crippen molar-refractivity contribution in [3.63, 3.8) is 0 Å². The van der Waals surface area contributed by atoms with Crippen LogP contribution >= 0.6 is 0 Å². The molecule has 2 atom stereocenters. The molecule has 1 aliphatic heterocycles. The van der Waals surface area contributed by atoms with Crippen LogP contribution in [-0.2, 0) is 0 Å². The second-order valence-corrected chi connectivity index (χ2v) is 7.10. The normalized spacial score (nSPS) is 18.2. The average molecular weight is 395 g/mol. The van der Waals surface area contributed by atoms with Crippen LogP contribution in [-0.4, -0.2) is 62.7 Å². The number of hydrogen-bond donors (Lipinski definition) is 1. The molecule has 1 aliphatic rings. The number of nitrogens with zero attached hydrogens (tertiary/aromatic N) is 2. The SMILES string of the molecule is COc1cc(C(=O)NC[C@@H](C)N2CCC[C@H](C)C2)c([N+](=O)[O-])c(OC)c1OC. The maximum Gasteiger partial charge on any atom is 0.327 e. The van der Waals surface area contributed by atoms with Gasteiger partial charge in [-0.1, -0.05) is 6.92 Å². The van der Waals surface area contributed by atoms with Crippen LogP contribution in [0.25, 0.3) is 0 Å². The summed E-state index contributed by atoms with van der Waals surface area (Å²) >= 11 is 0. The first-order valence-electron chi connectivity index (χ1n) is 9.33. The highest BCUT2D eigenvalue weighted by atomic mass is 16.6. The van der Waals surface area contributed by atoms with E-state index >= 15 is 0 Å². The first-order valence-corrected chi connectivity index (χ1v) is 9.33. The molecule has 1 heterocycles. The van der Waals surface area contributed by atoms with Crippen molar-refractivity contribution in [3.8, 4) is 17.2 Å². The van der Waals surface area contributed by atoms with Crippen LogP contribution in [0.5, 0.6) is 17.2 Å². The van der Waals surface area contributed by atoms with Gasteiger partial charge < -0.3 is 19.5 Å². The zero-order chi connectivity index (χ0) is 20.8. The third-order valence-electron chi connectivity index (χ3n) is 5.10. The minimum atomic E-state index is -0.647. The highest BCUT2D eigenvalue weighted by Gasteiger charge is 2.32. The van der Waals surface area contributed by atoms with Gasteiger partial charge in [-0.15, -0.1) is 0 Å². The number of methoxy groups -OCH3 is 3. The standard InChI is InChI=1S/C19H29N3O6/c1-12-7-6-8-21(11-12)13(2)10-20-19(23)14-9-15(26-3)17(27-4)18(28-5)16(14)22(24)25/h9,12-13H,6-8,10-11H2,1-5H3,(H,20,23)/t12-,13+/m0/s1. The molecule has 1 amide bonds. The summed E-state index contributed by atoms with van der Waals surface area (Å²) in [6.07, 6.45) is 2.35. The molecule has 1 aromatic rings. The summed E-state index contributed by atoms with van der Waals surface area (Å²) in [5.74, 6) is 0.192. The number of amides is 1. The Hall–Kier alpha value is -2.55. The lowest BCUT2D eigenvalue weighted by molar-refractivity contribution is -0.386. The molecular formula is C19H29N3O6. The van der Waals surface area contributed by atoms with Gasteiger partial charge in [-0.3, -0.25) is 19.8 Å². The van der Waals surface area contributed by atoms with E-state index in [1.165, 1.54) is 33.8 Å². The molecule has 9 nitrogen and oxygen atoms in total. The van der Waals surface area contributed by atoms with Crippen molar-refractivity contribution in [2.24, 2.45) is 5.92 Å². The van der Waals surface area contributed by atoms with Crippen LogP contribution in [0.4, 0.5) is 5.69 Å². The van der Waals surface area contributed by atoms with Gasteiger partial charge in [0.1, 0.15) is 5.56 Å². The molecule has 1 fully saturated rings. The number of ether oxygens (including phenoxy) is 3. The van der Waals surface area contributed by atoms with Crippen LogP contribution in [0, 0.1) is 16.0 Å². The number of nitro groups is 1. The summed E-state index contributed by atoms with van der Waals surface area (Å²) in [5.41, 5.74) is -0.574. The van der Waals surface area contributed by atoms with Crippen LogP contribution in [0.1, 0.15) is 37.0 Å². The summed E-state index contributed by atoms with van der Waals surface area (Å²) < 4.78 is 15.6. The molecule has 28 heavy (non-hydrogen) atoms. The fraction of sp³-hybridized carbons (Fsp3) is 0.632. The van der Waals surface area contributed by atoms with Gasteiger partial charge in [0.2, 0.25) is 11.5 Å². The Morgan fingerprint density at radius 3 is 2.54 bits per heavy atom. The molecule has 0 bridgehead atoms. The lowest BCUT2D eigenvalue weighted by Gasteiger charge is -2.35. The summed E-state index contributed by atoms with van der Waals surface area (Å²) in [6.45, 7) is 6.63. The molecule has 156 valence electrons. The fourth-order valence-electron chi connectivity index (χ4n) is 3.59. The van der Waals surface area contributed by atoms with E-state index in [9.17, 15) is 14.9 Å². The van der Waals surface area contributed by atoms with Gasteiger partial charge in [-0.2, -0.15) is 0 Å². The quantitative estimate of drug-likeness (QED) is 0.533. The van der Waals surface area contributed by atoms with E-state index in [0.29, 0.717) is 12.5 Å². The van der Waals surface area contributed by atoms with Crippen molar-refractivity contribution < 1.29 is 23.9 Å². The first-order chi connectivity index (χ1) is 13.3. The summed E-state index contributed by atoms with van der Waals surface area (Å²) in [7, 11) is 4.03. The smallest absolute Gasteiger partial charge is 0.327 e. The number of nitrogens with one attached hydrogen (secondary N) is 1. The van der Waals surface area contributed by atoms with Crippen molar-refractivity contribution in [2.75, 3.05) is 41.0 Å². The van der Waals surface area contributed by atoms with Crippen molar-refractivity contribution in [1.29, 1.82) is 0 Å². The van der Waals surface area contributed by atoms with Crippen LogP contribution in [0.2, 0.25) is 0 Å². The highest BCUT2D eigenvalue weighted by molar-refractivity contribution is 6.00. The average Bonchev–Trinajstić information content (AvgIpc) is 2.69. The predicted molar refractivity (Wildman–Crippen MR) is 105 cm³/mol. The Morgan fingerprint density at radius 2 is 2.00 bits per heavy atom. The number of likely N-dealkylation sites (tertiary alicyclic amines) is 1. The molecule has 0 aromatic heterocycles. The maximum absolute atomic E-state index is 12.8. The number of nitro benzene ring substituents is 1. The second-order valence-electron chi connectivity index (χ2n) is 7.10. The minimum absolute atomic E-state index is 0.0731. The van der Waals surface area contributed by atoms with Gasteiger partial charge >= 0.3 is 5.69 Å². The van der Waals surface area contributed by atoms with E-state index in [4.69, 9.17) is 14.2 Å². The van der Waals surface area contributed by atoms with Crippen LogP contribution < -0.4 is 19.5 Å². The summed E-state index contributed by atoms with van der Waals surface area (Å²) in [4.78, 5) is 26.1. The summed E-state index contributed by atoms with van der Waals surface area (Å²) in [5, 5.41) is 14.4. The van der Waals surface area contributed by atoms with Crippen molar-refractivity contribution >= 4 is 11.6 Å². The number of piperidine rings is 1. The molecule has 0 radical (unpaired) electrons. The molecule has 0 saturated carbocycles. The zero-order valence-corrected chi connectivity index (χ0v) is 17.1. The van der Waals surface area contributed by atoms with E-state index in [0.717, 1.165) is 19.5 Å². The highest BCUT2D eigenvalue weighted by Crippen LogP contribution is 2.46. The van der Waals surface area contributed by atoms with Crippen LogP contribution in [0.3, 0.4) is 0 Å². The second kappa shape index (κ2) is 9.59. The van der Waals surface area contributed by atoms with Crippen molar-refractivity contribution in [3.05, 3.63) is 21.7 Å². The van der Waals surface area contributed by atoms with Crippen LogP contribution in [0.15, 0.2) is 6.07 Å². The molecule has 2 rings (SSSR count). The number of carbonyl (C=O) groups is 1. The maximum atomic E-state index is 12.8. The van der Waals surface area contributed by atoms with Gasteiger partial charge in [0.05, 0.1) is 26.3 Å². The third-order valence-corrected chi connectivity index (χ3v) is 5.10. The number of carbonyl (C=O) groups excluding carboxylic acids is 1. The van der Waals surface area contributed by atoms with Gasteiger partial charge in [0.15, 0.2) is 5.75 Å². The topological polar surface area (TPSA) is 103 Å². The molecule has 0 unspecified atom stereocenters. The molecule has 0 spiro atoms. The largest absolute Gasteiger partial charge is 0.493 e. The Balaban J connectivity index is 2.25. The number of hydrogen-bond acceptors (Lipinski definition) is 7. The molecule has 1 aromatic carbocycles. The van der Waals surface area contributed by atoms with Gasteiger partial charge in [-0.05, 0) is 32.2 Å². The van der Waals surface area contributed by atoms with E-state index in [2.05, 4.69) is 17.1 Å². The molecule has 9 heteroatoms. The van der Waals surface area contributed by atoms with Crippen molar-refractivity contribution in [1.82, 2.24) is 10.2 Å². The Morgan fingerprint density at radius 1 is 1.32 bits per heavy atom. The monoisotopic (exact) mass is 395 g/mol. The van der Waals surface area contributed by atoms with Gasteiger partial charge in [0, 0.05) is 25.2 Å². The molecular weight excluding hydrogens is 366 g/mol.